The van der Waals surface area contributed by atoms with Crippen molar-refractivity contribution in [3.8, 4) is 0 Å². The van der Waals surface area contributed by atoms with Gasteiger partial charge in [0.15, 0.2) is 12.9 Å². The van der Waals surface area contributed by atoms with Crippen LogP contribution in [0.2, 0.25) is 0 Å². The quantitative estimate of drug-likeness (QED) is 0.176. The van der Waals surface area contributed by atoms with E-state index in [2.05, 4.69) is 15.6 Å². The second-order valence-corrected chi connectivity index (χ2v) is 14.4. The number of rotatable bonds is 14. The van der Waals surface area contributed by atoms with Gasteiger partial charge in [-0.1, -0.05) is 55.3 Å². The van der Waals surface area contributed by atoms with Crippen LogP contribution in [0.25, 0.3) is 0 Å². The molecule has 0 bridgehead atoms. The van der Waals surface area contributed by atoms with Gasteiger partial charge < -0.3 is 20.5 Å². The normalized spacial score (nSPS) is 19.6. The maximum atomic E-state index is 15.8. The summed E-state index contributed by atoms with van der Waals surface area (Å²) in [6.07, 6.45) is -5.89. The Morgan fingerprint density at radius 3 is 2.33 bits per heavy atom. The Hall–Kier alpha value is -4.53. The molecule has 51 heavy (non-hydrogen) atoms. The number of benzene rings is 2. The maximum absolute atomic E-state index is 15.8. The zero-order valence-corrected chi connectivity index (χ0v) is 28.7. The largest absolute Gasteiger partial charge is 0.444 e. The molecule has 4 N–H and O–H groups in total. The van der Waals surface area contributed by atoms with Crippen LogP contribution in [0, 0.1) is 23.6 Å². The number of alkyl halides is 3. The lowest BCUT2D eigenvalue weighted by molar-refractivity contribution is -0.148. The van der Waals surface area contributed by atoms with Crippen molar-refractivity contribution < 1.29 is 46.2 Å². The van der Waals surface area contributed by atoms with Gasteiger partial charge in [-0.2, -0.15) is 13.2 Å². The van der Waals surface area contributed by atoms with Gasteiger partial charge in [0.2, 0.25) is 5.91 Å². The molecule has 1 heterocycles. The van der Waals surface area contributed by atoms with Crippen LogP contribution in [-0.2, 0) is 23.9 Å². The maximum Gasteiger partial charge on any atom is 0.408 e. The van der Waals surface area contributed by atoms with E-state index in [0.29, 0.717) is 12.0 Å². The summed E-state index contributed by atoms with van der Waals surface area (Å²) in [6, 6.07) is 12.7. The Bertz CT molecular complexity index is 1650. The average Bonchev–Trinajstić information content (AvgIpc) is 3.98. The van der Waals surface area contributed by atoms with Crippen molar-refractivity contribution in [2.24, 2.45) is 28.5 Å². The van der Waals surface area contributed by atoms with Gasteiger partial charge in [-0.15, -0.1) is 0 Å². The molecule has 2 fully saturated rings. The molecule has 0 saturated heterocycles. The summed E-state index contributed by atoms with van der Waals surface area (Å²) >= 11 is 0. The highest BCUT2D eigenvalue weighted by Crippen LogP contribution is 2.40. The number of hydrogen-bond acceptors (Lipinski definition) is 8. The molecule has 1 aliphatic heterocycles. The van der Waals surface area contributed by atoms with Crippen molar-refractivity contribution in [1.29, 1.82) is 0 Å². The van der Waals surface area contributed by atoms with Crippen molar-refractivity contribution in [1.82, 2.24) is 10.6 Å². The first-order valence-electron chi connectivity index (χ1n) is 17.0. The SMILES string of the molecule is CC(C)(C)OC(=O)NC1(C(=O)OCN2C(=O)[C@@H](NC[C@H](CCC(F)(F)F)[C@H](CC3CC3)C(N)=O)N=C(c3ccccc3)c3cccc(F)c32)CC1. The third-order valence-corrected chi connectivity index (χ3v) is 9.11. The van der Waals surface area contributed by atoms with Crippen molar-refractivity contribution in [2.75, 3.05) is 18.2 Å². The molecule has 2 aromatic carbocycles. The molecule has 5 rings (SSSR count). The molecular formula is C36H43F4N5O6. The number of fused-ring (bicyclic) bond motifs is 1. The lowest BCUT2D eigenvalue weighted by Gasteiger charge is -2.29. The van der Waals surface area contributed by atoms with Crippen LogP contribution in [-0.4, -0.2) is 66.3 Å². The van der Waals surface area contributed by atoms with E-state index in [1.807, 2.05) is 0 Å². The highest BCUT2D eigenvalue weighted by molar-refractivity contribution is 6.20. The first-order chi connectivity index (χ1) is 24.0. The molecule has 2 aromatic rings. The van der Waals surface area contributed by atoms with Gasteiger partial charge in [0.25, 0.3) is 5.91 Å². The summed E-state index contributed by atoms with van der Waals surface area (Å²) in [6.45, 7) is 3.97. The Morgan fingerprint density at radius 2 is 1.75 bits per heavy atom. The minimum absolute atomic E-state index is 0.181. The lowest BCUT2D eigenvalue weighted by atomic mass is 9.83. The molecule has 11 nitrogen and oxygen atoms in total. The molecule has 3 amide bonds. The first kappa shape index (κ1) is 37.7. The van der Waals surface area contributed by atoms with E-state index >= 15 is 4.39 Å². The highest BCUT2D eigenvalue weighted by Gasteiger charge is 2.54. The van der Waals surface area contributed by atoms with Crippen molar-refractivity contribution >= 4 is 35.3 Å². The Kier molecular flexibility index (Phi) is 11.1. The number of aliphatic imine (C=N–C) groups is 1. The first-order valence-corrected chi connectivity index (χ1v) is 17.0. The number of carbonyl (C=O) groups excluding carboxylic acids is 4. The van der Waals surface area contributed by atoms with Gasteiger partial charge in [0.1, 0.15) is 17.0 Å². The van der Waals surface area contributed by atoms with Crippen LogP contribution in [0.15, 0.2) is 53.5 Å². The van der Waals surface area contributed by atoms with Crippen LogP contribution in [0.3, 0.4) is 0 Å². The fourth-order valence-electron chi connectivity index (χ4n) is 6.16. The third kappa shape index (κ3) is 9.83. The molecule has 2 aliphatic carbocycles. The van der Waals surface area contributed by atoms with E-state index < -0.39 is 84.6 Å². The molecular weight excluding hydrogens is 674 g/mol. The number of anilines is 1. The van der Waals surface area contributed by atoms with Crippen molar-refractivity contribution in [3.63, 3.8) is 0 Å². The predicted molar refractivity (Wildman–Crippen MR) is 179 cm³/mol. The van der Waals surface area contributed by atoms with E-state index in [0.717, 1.165) is 23.8 Å². The van der Waals surface area contributed by atoms with E-state index in [9.17, 15) is 32.3 Å². The number of nitrogens with one attached hydrogen (secondary N) is 2. The summed E-state index contributed by atoms with van der Waals surface area (Å²) < 4.78 is 66.8. The Labute approximate surface area is 293 Å². The van der Waals surface area contributed by atoms with Crippen LogP contribution in [0.5, 0.6) is 0 Å². The number of carbonyl (C=O) groups is 4. The molecule has 276 valence electrons. The highest BCUT2D eigenvalue weighted by atomic mass is 19.4. The van der Waals surface area contributed by atoms with Crippen LogP contribution in [0.4, 0.5) is 28.0 Å². The number of para-hydroxylation sites is 1. The van der Waals surface area contributed by atoms with E-state index in [4.69, 9.17) is 15.2 Å². The Morgan fingerprint density at radius 1 is 1.06 bits per heavy atom. The monoisotopic (exact) mass is 717 g/mol. The van der Waals surface area contributed by atoms with Gasteiger partial charge in [-0.05, 0) is 64.4 Å². The van der Waals surface area contributed by atoms with Crippen molar-refractivity contribution in [2.45, 2.75) is 89.2 Å². The summed E-state index contributed by atoms with van der Waals surface area (Å²) in [5, 5.41) is 5.48. The number of primary amides is 1. The van der Waals surface area contributed by atoms with Crippen molar-refractivity contribution in [3.05, 3.63) is 65.5 Å². The number of halogens is 4. The number of hydrogen-bond donors (Lipinski definition) is 3. The number of amides is 3. The van der Waals surface area contributed by atoms with E-state index in [1.165, 1.54) is 6.07 Å². The fourth-order valence-corrected chi connectivity index (χ4v) is 6.16. The second kappa shape index (κ2) is 15.0. The van der Waals surface area contributed by atoms with Gasteiger partial charge in [-0.25, -0.2) is 14.0 Å². The van der Waals surface area contributed by atoms with Gasteiger partial charge in [0, 0.05) is 30.0 Å². The molecule has 3 atom stereocenters. The second-order valence-electron chi connectivity index (χ2n) is 14.4. The lowest BCUT2D eigenvalue weighted by Crippen LogP contribution is -2.50. The third-order valence-electron chi connectivity index (χ3n) is 9.11. The average molecular weight is 718 g/mol. The van der Waals surface area contributed by atoms with Crippen LogP contribution in [0.1, 0.15) is 76.8 Å². The molecule has 0 spiro atoms. The molecule has 3 aliphatic rings. The smallest absolute Gasteiger partial charge is 0.408 e. The number of nitrogens with zero attached hydrogens (tertiary/aromatic N) is 2. The molecule has 2 saturated carbocycles. The number of ether oxygens (including phenoxy) is 2. The zero-order chi connectivity index (χ0) is 37.1. The predicted octanol–water partition coefficient (Wildman–Crippen LogP) is 5.34. The summed E-state index contributed by atoms with van der Waals surface area (Å²) in [4.78, 5) is 58.2. The van der Waals surface area contributed by atoms with Gasteiger partial charge in [-0.3, -0.25) is 24.8 Å². The van der Waals surface area contributed by atoms with Gasteiger partial charge in [0.05, 0.1) is 11.4 Å². The molecule has 0 unspecified atom stereocenters. The molecule has 15 heteroatoms. The summed E-state index contributed by atoms with van der Waals surface area (Å²) in [5.41, 5.74) is 4.15. The minimum atomic E-state index is -4.49. The van der Waals surface area contributed by atoms with Crippen LogP contribution >= 0.6 is 0 Å². The van der Waals surface area contributed by atoms with Gasteiger partial charge >= 0.3 is 18.2 Å². The number of nitrogens with two attached hydrogens (primary N) is 1. The van der Waals surface area contributed by atoms with Crippen LogP contribution < -0.4 is 21.3 Å². The summed E-state index contributed by atoms with van der Waals surface area (Å²) in [5.74, 6) is -4.88. The molecule has 0 aromatic heterocycles. The number of esters is 1. The standard InChI is InChI=1S/C36H43F4N5O6/c1-34(2,3)51-33(49)44-35(16-17-35)32(48)50-20-45-28-24(10-7-11-26(28)37)27(22-8-5-4-6-9-22)43-30(31(45)47)42-19-23(14-15-36(38,39)40)25(29(41)46)18-21-12-13-21/h4-11,21,23,25,30,42H,12-20H2,1-3H3,(H2,41,46)(H,44,49)/t23-,25-,30-/m0/s1. The van der Waals surface area contributed by atoms with E-state index in [1.54, 1.807) is 57.2 Å². The zero-order valence-electron chi connectivity index (χ0n) is 28.7. The number of alkyl carbamates (subject to hydrolysis) is 1. The Balaban J connectivity index is 1.45. The van der Waals surface area contributed by atoms with E-state index in [-0.39, 0.29) is 42.3 Å². The summed E-state index contributed by atoms with van der Waals surface area (Å²) in [7, 11) is 0. The topological polar surface area (TPSA) is 152 Å². The minimum Gasteiger partial charge on any atom is -0.444 e. The fraction of sp³-hybridized carbons (Fsp3) is 0.528. The molecule has 0 radical (unpaired) electrons. The number of benzodiazepines with no additional fused rings is 1.